The van der Waals surface area contributed by atoms with E-state index in [4.69, 9.17) is 16.6 Å². The molecule has 2 aromatic carbocycles. The summed E-state index contributed by atoms with van der Waals surface area (Å²) in [5.41, 5.74) is 2.52. The van der Waals surface area contributed by atoms with Crippen LogP contribution >= 0.6 is 11.6 Å². The quantitative estimate of drug-likeness (QED) is 0.504. The highest BCUT2D eigenvalue weighted by atomic mass is 35.5. The van der Waals surface area contributed by atoms with Crippen LogP contribution in [0.4, 0.5) is 0 Å². The molecule has 7 heteroatoms. The van der Waals surface area contributed by atoms with Crippen molar-refractivity contribution in [2.75, 3.05) is 13.1 Å². The van der Waals surface area contributed by atoms with E-state index in [1.165, 1.54) is 8.97 Å². The van der Waals surface area contributed by atoms with Gasteiger partial charge in [0.05, 0.1) is 11.2 Å². The molecule has 4 rings (SSSR count). The summed E-state index contributed by atoms with van der Waals surface area (Å²) in [5, 5.41) is 1.46. The number of rotatable bonds is 5. The number of likely N-dealkylation sites (N-methyl/N-ethyl adjacent to an activating group) is 1. The summed E-state index contributed by atoms with van der Waals surface area (Å²) in [5.74, 6) is -0.0837. The lowest BCUT2D eigenvalue weighted by atomic mass is 10.2. The Bertz CT molecular complexity index is 1250. The second kappa shape index (κ2) is 7.72. The molecule has 0 saturated heterocycles. The van der Waals surface area contributed by atoms with Gasteiger partial charge in [0.25, 0.3) is 0 Å². The molecule has 0 N–H and O–H groups in total. The number of benzene rings is 2. The molecule has 1 amide bonds. The highest BCUT2D eigenvalue weighted by molar-refractivity contribution is 6.30. The lowest BCUT2D eigenvalue weighted by Gasteiger charge is -2.20. The molecule has 0 bridgehead atoms. The van der Waals surface area contributed by atoms with Crippen LogP contribution in [-0.2, 0) is 11.3 Å². The number of hydrogen-bond acceptors (Lipinski definition) is 3. The minimum Gasteiger partial charge on any atom is -0.342 e. The van der Waals surface area contributed by atoms with E-state index < -0.39 is 0 Å². The van der Waals surface area contributed by atoms with Gasteiger partial charge in [0.1, 0.15) is 6.54 Å². The van der Waals surface area contributed by atoms with Gasteiger partial charge in [0.2, 0.25) is 5.91 Å². The van der Waals surface area contributed by atoms with Gasteiger partial charge in [-0.15, -0.1) is 0 Å². The Kier molecular flexibility index (Phi) is 5.11. The first kappa shape index (κ1) is 19.2. The number of hydrogen-bond donors (Lipinski definition) is 0. The maximum atomic E-state index is 13.3. The Hall–Kier alpha value is -3.12. The smallest absolute Gasteiger partial charge is 0.334 e. The topological polar surface area (TPSA) is 59.6 Å². The molecule has 0 saturated carbocycles. The van der Waals surface area contributed by atoms with Gasteiger partial charge in [0, 0.05) is 35.3 Å². The molecule has 29 heavy (non-hydrogen) atoms. The number of nitrogens with zero attached hydrogens (tertiary/aromatic N) is 4. The summed E-state index contributed by atoms with van der Waals surface area (Å²) < 4.78 is 3.04. The fourth-order valence-electron chi connectivity index (χ4n) is 3.57. The van der Waals surface area contributed by atoms with Crippen LogP contribution in [0.1, 0.15) is 13.8 Å². The lowest BCUT2D eigenvalue weighted by molar-refractivity contribution is -0.131. The van der Waals surface area contributed by atoms with Gasteiger partial charge in [-0.2, -0.15) is 0 Å². The lowest BCUT2D eigenvalue weighted by Crippen LogP contribution is -2.37. The molecule has 0 radical (unpaired) electrons. The molecule has 6 nitrogen and oxygen atoms in total. The minimum atomic E-state index is -0.285. The summed E-state index contributed by atoms with van der Waals surface area (Å²) in [4.78, 5) is 32.4. The van der Waals surface area contributed by atoms with Crippen LogP contribution in [0.3, 0.4) is 0 Å². The predicted octanol–water partition coefficient (Wildman–Crippen LogP) is 3.84. The molecule has 0 unspecified atom stereocenters. The normalized spacial score (nSPS) is 11.3. The zero-order valence-corrected chi connectivity index (χ0v) is 17.1. The zero-order valence-electron chi connectivity index (χ0n) is 16.3. The molecule has 148 valence electrons. The average Bonchev–Trinajstić information content (AvgIpc) is 3.18. The Labute approximate surface area is 173 Å². The van der Waals surface area contributed by atoms with Crippen molar-refractivity contribution in [3.63, 3.8) is 0 Å². The number of carbonyl (C=O) groups excluding carboxylic acids is 1. The van der Waals surface area contributed by atoms with Crippen molar-refractivity contribution in [1.29, 1.82) is 0 Å². The van der Waals surface area contributed by atoms with Gasteiger partial charge in [-0.1, -0.05) is 35.9 Å². The molecule has 0 aliphatic carbocycles. The van der Waals surface area contributed by atoms with E-state index in [0.717, 1.165) is 10.9 Å². The fourth-order valence-corrected chi connectivity index (χ4v) is 3.70. The molecule has 4 aromatic rings. The SMILES string of the molecule is CCN(CC)C(=O)Cn1c(=O)n2cc(-c3ccc(Cl)cc3)nc2c2ccccc21. The summed E-state index contributed by atoms with van der Waals surface area (Å²) in [6, 6.07) is 14.9. The Morgan fingerprint density at radius 1 is 1.07 bits per heavy atom. The van der Waals surface area contributed by atoms with E-state index in [1.54, 1.807) is 23.2 Å². The zero-order chi connectivity index (χ0) is 20.5. The summed E-state index contributed by atoms with van der Waals surface area (Å²) in [6.07, 6.45) is 1.71. The van der Waals surface area contributed by atoms with Crippen LogP contribution in [0, 0.1) is 0 Å². The second-order valence-corrected chi connectivity index (χ2v) is 7.21. The van der Waals surface area contributed by atoms with Gasteiger partial charge in [-0.05, 0) is 38.1 Å². The molecular formula is C22H21ClN4O2. The number of carbonyl (C=O) groups is 1. The van der Waals surface area contributed by atoms with Crippen molar-refractivity contribution < 1.29 is 4.79 Å². The van der Waals surface area contributed by atoms with Gasteiger partial charge in [0.15, 0.2) is 5.65 Å². The third kappa shape index (κ3) is 3.40. The number of halogens is 1. The van der Waals surface area contributed by atoms with Crippen molar-refractivity contribution in [3.05, 3.63) is 70.2 Å². The van der Waals surface area contributed by atoms with Crippen LogP contribution in [0.25, 0.3) is 27.8 Å². The van der Waals surface area contributed by atoms with Crippen LogP contribution < -0.4 is 5.69 Å². The maximum Gasteiger partial charge on any atom is 0.334 e. The van der Waals surface area contributed by atoms with Crippen molar-refractivity contribution >= 4 is 34.1 Å². The van der Waals surface area contributed by atoms with Crippen LogP contribution in [0.15, 0.2) is 59.5 Å². The number of amides is 1. The first-order chi connectivity index (χ1) is 14.0. The maximum absolute atomic E-state index is 13.3. The van der Waals surface area contributed by atoms with Crippen molar-refractivity contribution in [1.82, 2.24) is 18.9 Å². The fraction of sp³-hybridized carbons (Fsp3) is 0.227. The highest BCUT2D eigenvalue weighted by Gasteiger charge is 2.18. The van der Waals surface area contributed by atoms with E-state index >= 15 is 0 Å². The minimum absolute atomic E-state index is 0.00851. The second-order valence-electron chi connectivity index (χ2n) is 6.78. The number of imidazole rings is 1. The third-order valence-corrected chi connectivity index (χ3v) is 5.38. The first-order valence-electron chi connectivity index (χ1n) is 9.57. The first-order valence-corrected chi connectivity index (χ1v) is 9.95. The van der Waals surface area contributed by atoms with E-state index in [0.29, 0.717) is 35.0 Å². The Morgan fingerprint density at radius 3 is 2.45 bits per heavy atom. The Balaban J connectivity index is 1.92. The Morgan fingerprint density at radius 2 is 1.76 bits per heavy atom. The van der Waals surface area contributed by atoms with Crippen LogP contribution in [-0.4, -0.2) is 37.8 Å². The summed E-state index contributed by atoms with van der Waals surface area (Å²) >= 11 is 5.98. The van der Waals surface area contributed by atoms with Gasteiger partial charge >= 0.3 is 5.69 Å². The van der Waals surface area contributed by atoms with E-state index in [9.17, 15) is 9.59 Å². The number of fused-ring (bicyclic) bond motifs is 3. The van der Waals surface area contributed by atoms with Gasteiger partial charge in [-0.25, -0.2) is 9.78 Å². The van der Waals surface area contributed by atoms with Gasteiger partial charge in [-0.3, -0.25) is 13.8 Å². The standard InChI is InChI=1S/C22H21ClN4O2/c1-3-25(4-2)20(28)14-26-19-8-6-5-7-17(19)21-24-18(13-27(21)22(26)29)15-9-11-16(23)12-10-15/h5-13H,3-4,14H2,1-2H3. The largest absolute Gasteiger partial charge is 0.342 e. The predicted molar refractivity (Wildman–Crippen MR) is 115 cm³/mol. The molecule has 0 fully saturated rings. The molecule has 2 heterocycles. The highest BCUT2D eigenvalue weighted by Crippen LogP contribution is 2.24. The molecule has 2 aromatic heterocycles. The molecule has 0 aliphatic rings. The van der Waals surface area contributed by atoms with E-state index in [-0.39, 0.29) is 18.1 Å². The summed E-state index contributed by atoms with van der Waals surface area (Å²) in [6.45, 7) is 5.07. The molecule has 0 spiro atoms. The number of aromatic nitrogens is 3. The van der Waals surface area contributed by atoms with E-state index in [1.807, 2.05) is 50.2 Å². The average molecular weight is 409 g/mol. The van der Waals surface area contributed by atoms with Crippen molar-refractivity contribution in [2.24, 2.45) is 0 Å². The molecule has 0 atom stereocenters. The van der Waals surface area contributed by atoms with E-state index in [2.05, 4.69) is 0 Å². The third-order valence-electron chi connectivity index (χ3n) is 5.13. The van der Waals surface area contributed by atoms with Crippen LogP contribution in [0.2, 0.25) is 5.02 Å². The van der Waals surface area contributed by atoms with Crippen LogP contribution in [0.5, 0.6) is 0 Å². The molecule has 0 aliphatic heterocycles. The van der Waals surface area contributed by atoms with Crippen molar-refractivity contribution in [3.8, 4) is 11.3 Å². The molecular weight excluding hydrogens is 388 g/mol. The van der Waals surface area contributed by atoms with Gasteiger partial charge < -0.3 is 4.90 Å². The summed E-state index contributed by atoms with van der Waals surface area (Å²) in [7, 11) is 0. The van der Waals surface area contributed by atoms with Crippen molar-refractivity contribution in [2.45, 2.75) is 20.4 Å². The monoisotopic (exact) mass is 408 g/mol. The number of para-hydroxylation sites is 1.